The second-order valence-corrected chi connectivity index (χ2v) is 9.20. The highest BCUT2D eigenvalue weighted by atomic mass is 32.1. The topological polar surface area (TPSA) is 105 Å². The molecule has 4 rings (SSSR count). The van der Waals surface area contributed by atoms with Crippen molar-refractivity contribution in [2.75, 3.05) is 19.5 Å². The van der Waals surface area contributed by atoms with Crippen molar-refractivity contribution < 1.29 is 28.3 Å². The van der Waals surface area contributed by atoms with Crippen molar-refractivity contribution in [3.8, 4) is 28.9 Å². The second-order valence-electron chi connectivity index (χ2n) is 8.75. The van der Waals surface area contributed by atoms with Gasteiger partial charge in [-0.25, -0.2) is 0 Å². The summed E-state index contributed by atoms with van der Waals surface area (Å²) in [5.74, 6) is 7.53. The van der Waals surface area contributed by atoms with Crippen molar-refractivity contribution >= 4 is 24.2 Å². The minimum Gasteiger partial charge on any atom is -0.496 e. The lowest BCUT2D eigenvalue weighted by Gasteiger charge is -2.30. The number of carbonyl (C=O) groups excluding carboxylic acids is 1. The molecular weight excluding hydrogens is 492 g/mol. The molecule has 2 unspecified atom stereocenters. The molecule has 3 N–H and O–H groups in total. The van der Waals surface area contributed by atoms with Crippen molar-refractivity contribution in [3.05, 3.63) is 52.8 Å². The smallest absolute Gasteiger partial charge is 0.291 e. The molecule has 37 heavy (non-hydrogen) atoms. The van der Waals surface area contributed by atoms with E-state index in [-0.39, 0.29) is 23.1 Å². The van der Waals surface area contributed by atoms with Crippen LogP contribution >= 0.6 is 12.6 Å². The molecule has 0 aliphatic heterocycles. The molecule has 0 fully saturated rings. The van der Waals surface area contributed by atoms with Crippen LogP contribution < -0.4 is 30.3 Å². The van der Waals surface area contributed by atoms with Crippen molar-refractivity contribution in [1.29, 1.82) is 0 Å². The minimum atomic E-state index is -0.530. The Morgan fingerprint density at radius 2 is 1.73 bits per heavy atom. The van der Waals surface area contributed by atoms with E-state index in [2.05, 4.69) is 25.2 Å². The van der Waals surface area contributed by atoms with Crippen LogP contribution in [0.25, 0.3) is 0 Å². The van der Waals surface area contributed by atoms with Gasteiger partial charge in [0.2, 0.25) is 0 Å². The average Bonchev–Trinajstić information content (AvgIpc) is 3.38. The van der Waals surface area contributed by atoms with Gasteiger partial charge in [-0.05, 0) is 54.4 Å². The van der Waals surface area contributed by atoms with Crippen LogP contribution in [-0.4, -0.2) is 20.1 Å². The third kappa shape index (κ3) is 5.83. The number of ether oxygens (including phenoxy) is 3. The Labute approximate surface area is 223 Å². The first-order valence-electron chi connectivity index (χ1n) is 12.4. The zero-order valence-electron chi connectivity index (χ0n) is 22.4. The summed E-state index contributed by atoms with van der Waals surface area (Å²) in [5, 5.41) is 2.71. The molecule has 2 aromatic carbocycles. The Hall–Kier alpha value is -3.30. The van der Waals surface area contributed by atoms with Crippen LogP contribution in [0.15, 0.2) is 39.6 Å². The molecule has 1 amide bonds. The van der Waals surface area contributed by atoms with E-state index in [0.29, 0.717) is 29.1 Å². The number of aryl methyl sites for hydroxylation is 1. The van der Waals surface area contributed by atoms with Gasteiger partial charge >= 0.3 is 0 Å². The quantitative estimate of drug-likeness (QED) is 0.220. The molecule has 0 spiro atoms. The van der Waals surface area contributed by atoms with E-state index >= 15 is 0 Å². The SMILES string of the molecule is CC.COc1cc(OC)c(NC(=O)c2ccc(Oc3c(C)cc4c(c3S)C(C)CCC4C)o2)c(ON)c1. The van der Waals surface area contributed by atoms with E-state index < -0.39 is 5.91 Å². The maximum atomic E-state index is 12.9. The number of nitrogens with one attached hydrogen (secondary N) is 1. The summed E-state index contributed by atoms with van der Waals surface area (Å²) >= 11 is 4.83. The molecule has 1 aliphatic rings. The molecule has 0 bridgehead atoms. The summed E-state index contributed by atoms with van der Waals surface area (Å²) in [7, 11) is 2.96. The van der Waals surface area contributed by atoms with E-state index in [4.69, 9.17) is 42.0 Å². The fraction of sp³-hybridized carbons (Fsp3) is 0.393. The Morgan fingerprint density at radius 1 is 1.05 bits per heavy atom. The number of benzene rings is 2. The predicted octanol–water partition coefficient (Wildman–Crippen LogP) is 7.22. The largest absolute Gasteiger partial charge is 0.496 e. The van der Waals surface area contributed by atoms with Gasteiger partial charge in [0, 0.05) is 18.2 Å². The lowest BCUT2D eigenvalue weighted by molar-refractivity contribution is 0.0990. The molecule has 1 aromatic heterocycles. The third-order valence-corrected chi connectivity index (χ3v) is 6.88. The Kier molecular flexibility index (Phi) is 9.39. The van der Waals surface area contributed by atoms with E-state index in [1.54, 1.807) is 12.1 Å². The van der Waals surface area contributed by atoms with Crippen molar-refractivity contribution in [3.63, 3.8) is 0 Å². The number of nitrogens with two attached hydrogens (primary N) is 1. The van der Waals surface area contributed by atoms with Crippen LogP contribution in [0.2, 0.25) is 0 Å². The van der Waals surface area contributed by atoms with Crippen LogP contribution in [0.3, 0.4) is 0 Å². The van der Waals surface area contributed by atoms with Crippen molar-refractivity contribution in [1.82, 2.24) is 0 Å². The number of rotatable bonds is 7. The standard InChI is InChI=1S/C26H30N2O6S.C2H6/c1-13-6-7-14(2)22-17(13)10-15(3)24(25(22)35)33-21-9-8-18(32-21)26(29)28-23-19(31-5)11-16(30-4)12-20(23)34-27;1-2/h8-14,35H,6-7,27H2,1-5H3,(H,28,29);1-2H3. The van der Waals surface area contributed by atoms with E-state index in [1.165, 1.54) is 37.5 Å². The van der Waals surface area contributed by atoms with Gasteiger partial charge in [-0.3, -0.25) is 4.79 Å². The maximum absolute atomic E-state index is 12.9. The molecule has 8 nitrogen and oxygen atoms in total. The second kappa shape index (κ2) is 12.3. The summed E-state index contributed by atoms with van der Waals surface area (Å²) in [6.45, 7) is 10.4. The van der Waals surface area contributed by atoms with Gasteiger partial charge in [-0.2, -0.15) is 5.90 Å². The maximum Gasteiger partial charge on any atom is 0.291 e. The molecule has 1 heterocycles. The number of hydrogen-bond donors (Lipinski definition) is 3. The summed E-state index contributed by atoms with van der Waals surface area (Å²) in [6, 6.07) is 8.43. The fourth-order valence-corrected chi connectivity index (χ4v) is 5.08. The van der Waals surface area contributed by atoms with Gasteiger partial charge in [0.1, 0.15) is 22.9 Å². The lowest BCUT2D eigenvalue weighted by atomic mass is 9.77. The number of fused-ring (bicyclic) bond motifs is 1. The summed E-state index contributed by atoms with van der Waals surface area (Å²) < 4.78 is 22.3. The number of carbonyl (C=O) groups is 1. The summed E-state index contributed by atoms with van der Waals surface area (Å²) in [4.78, 5) is 18.6. The highest BCUT2D eigenvalue weighted by Crippen LogP contribution is 2.47. The molecule has 0 saturated heterocycles. The number of furan rings is 1. The van der Waals surface area contributed by atoms with Gasteiger partial charge in [-0.15, -0.1) is 12.6 Å². The number of anilines is 1. The van der Waals surface area contributed by atoms with Crippen LogP contribution in [0.4, 0.5) is 5.69 Å². The van der Waals surface area contributed by atoms with Crippen LogP contribution in [0.1, 0.15) is 79.6 Å². The first-order valence-corrected chi connectivity index (χ1v) is 12.8. The molecule has 9 heteroatoms. The predicted molar refractivity (Wildman–Crippen MR) is 147 cm³/mol. The van der Waals surface area contributed by atoms with Crippen molar-refractivity contribution in [2.45, 2.75) is 64.2 Å². The van der Waals surface area contributed by atoms with Gasteiger partial charge in [-0.1, -0.05) is 33.8 Å². The molecule has 0 saturated carbocycles. The normalized spacial score (nSPS) is 16.1. The van der Waals surface area contributed by atoms with E-state index in [9.17, 15) is 4.79 Å². The zero-order chi connectivity index (χ0) is 27.3. The average molecular weight is 529 g/mol. The van der Waals surface area contributed by atoms with Crippen LogP contribution in [0.5, 0.6) is 28.9 Å². The zero-order valence-corrected chi connectivity index (χ0v) is 23.3. The molecule has 3 aromatic rings. The molecule has 200 valence electrons. The van der Waals surface area contributed by atoms with Crippen LogP contribution in [-0.2, 0) is 0 Å². The first-order chi connectivity index (χ1) is 17.8. The minimum absolute atomic E-state index is 0.0409. The monoisotopic (exact) mass is 528 g/mol. The van der Waals surface area contributed by atoms with Crippen LogP contribution in [0, 0.1) is 6.92 Å². The fourth-order valence-electron chi connectivity index (χ4n) is 4.51. The summed E-state index contributed by atoms with van der Waals surface area (Å²) in [5.41, 5.74) is 3.75. The van der Waals surface area contributed by atoms with Crippen molar-refractivity contribution in [2.24, 2.45) is 5.90 Å². The molecular formula is C28H36N2O6S. The number of amides is 1. The number of methoxy groups -OCH3 is 2. The molecule has 1 aliphatic carbocycles. The van der Waals surface area contributed by atoms with Gasteiger partial charge in [0.15, 0.2) is 11.5 Å². The molecule has 2 atom stereocenters. The number of hydrogen-bond acceptors (Lipinski definition) is 8. The van der Waals surface area contributed by atoms with E-state index in [0.717, 1.165) is 23.3 Å². The third-order valence-electron chi connectivity index (χ3n) is 6.44. The first kappa shape index (κ1) is 28.3. The van der Waals surface area contributed by atoms with Gasteiger partial charge in [0.05, 0.1) is 19.1 Å². The highest BCUT2D eigenvalue weighted by Gasteiger charge is 2.28. The van der Waals surface area contributed by atoms with Gasteiger partial charge in [0.25, 0.3) is 11.9 Å². The Morgan fingerprint density at radius 3 is 2.38 bits per heavy atom. The van der Waals surface area contributed by atoms with E-state index in [1.807, 2.05) is 20.8 Å². The number of thiol groups is 1. The Bertz CT molecular complexity index is 1230. The molecule has 0 radical (unpaired) electrons. The summed E-state index contributed by atoms with van der Waals surface area (Å²) in [6.07, 6.45) is 2.27. The van der Waals surface area contributed by atoms with Gasteiger partial charge < -0.3 is 28.8 Å². The highest BCUT2D eigenvalue weighted by molar-refractivity contribution is 7.80. The lowest BCUT2D eigenvalue weighted by Crippen LogP contribution is -2.14. The Balaban J connectivity index is 0.00000186.